The van der Waals surface area contributed by atoms with Crippen LogP contribution in [0.1, 0.15) is 13.3 Å². The Morgan fingerprint density at radius 1 is 1.44 bits per heavy atom. The van der Waals surface area contributed by atoms with Crippen LogP contribution in [0.2, 0.25) is 0 Å². The first-order chi connectivity index (χ1) is 8.67. The van der Waals surface area contributed by atoms with Gasteiger partial charge in [-0.2, -0.15) is 4.98 Å². The summed E-state index contributed by atoms with van der Waals surface area (Å²) in [6.07, 6.45) is 0.706. The molecule has 7 nitrogen and oxygen atoms in total. The maximum atomic E-state index is 10.8. The van der Waals surface area contributed by atoms with Crippen LogP contribution in [0.5, 0.6) is 5.88 Å². The topological polar surface area (TPSA) is 86.5 Å². The molecule has 0 saturated heterocycles. The summed E-state index contributed by atoms with van der Waals surface area (Å²) in [5.41, 5.74) is -0.0392. The second kappa shape index (κ2) is 7.44. The molecule has 0 atom stereocenters. The molecule has 0 bridgehead atoms. The van der Waals surface area contributed by atoms with E-state index in [4.69, 9.17) is 9.47 Å². The van der Waals surface area contributed by atoms with Crippen LogP contribution in [0.4, 0.5) is 11.5 Å². The summed E-state index contributed by atoms with van der Waals surface area (Å²) in [4.78, 5) is 14.4. The van der Waals surface area contributed by atoms with Crippen LogP contribution in [-0.4, -0.2) is 36.8 Å². The first-order valence-electron chi connectivity index (χ1n) is 5.69. The zero-order chi connectivity index (χ0) is 13.4. The first-order valence-corrected chi connectivity index (χ1v) is 5.69. The average molecular weight is 255 g/mol. The second-order valence-corrected chi connectivity index (χ2v) is 3.53. The van der Waals surface area contributed by atoms with Gasteiger partial charge in [0.25, 0.3) is 5.69 Å². The molecule has 0 aliphatic carbocycles. The van der Waals surface area contributed by atoms with E-state index in [1.165, 1.54) is 12.1 Å². The number of anilines is 1. The number of ether oxygens (including phenoxy) is 2. The van der Waals surface area contributed by atoms with Gasteiger partial charge in [0.1, 0.15) is 5.82 Å². The van der Waals surface area contributed by atoms with E-state index in [0.717, 1.165) is 0 Å². The molecule has 1 aromatic rings. The van der Waals surface area contributed by atoms with Crippen molar-refractivity contribution in [3.05, 3.63) is 22.2 Å². The fourth-order valence-corrected chi connectivity index (χ4v) is 1.32. The monoisotopic (exact) mass is 255 g/mol. The van der Waals surface area contributed by atoms with E-state index in [1.54, 1.807) is 7.11 Å². The summed E-state index contributed by atoms with van der Waals surface area (Å²) in [5, 5.41) is 13.7. The minimum Gasteiger partial charge on any atom is -0.477 e. The Morgan fingerprint density at radius 2 is 2.22 bits per heavy atom. The van der Waals surface area contributed by atoms with Gasteiger partial charge in [-0.25, -0.2) is 0 Å². The van der Waals surface area contributed by atoms with Crippen molar-refractivity contribution in [2.75, 3.05) is 32.2 Å². The lowest BCUT2D eigenvalue weighted by atomic mass is 10.4. The number of hydrogen-bond acceptors (Lipinski definition) is 6. The molecule has 0 spiro atoms. The van der Waals surface area contributed by atoms with Crippen molar-refractivity contribution in [1.82, 2.24) is 4.98 Å². The zero-order valence-corrected chi connectivity index (χ0v) is 10.5. The van der Waals surface area contributed by atoms with Gasteiger partial charge in [-0.05, 0) is 6.92 Å². The number of nitrogens with zero attached hydrogens (tertiary/aromatic N) is 2. The van der Waals surface area contributed by atoms with E-state index < -0.39 is 4.92 Å². The molecule has 0 aromatic carbocycles. The maximum absolute atomic E-state index is 10.8. The van der Waals surface area contributed by atoms with Crippen molar-refractivity contribution < 1.29 is 14.4 Å². The van der Waals surface area contributed by atoms with E-state index in [9.17, 15) is 10.1 Å². The molecule has 0 aliphatic heterocycles. The fraction of sp³-hybridized carbons (Fsp3) is 0.545. The fourth-order valence-electron chi connectivity index (χ4n) is 1.32. The third-order valence-corrected chi connectivity index (χ3v) is 2.10. The molecule has 0 aliphatic rings. The lowest BCUT2D eigenvalue weighted by Crippen LogP contribution is -2.06. The second-order valence-electron chi connectivity index (χ2n) is 3.53. The van der Waals surface area contributed by atoms with E-state index >= 15 is 0 Å². The van der Waals surface area contributed by atoms with E-state index in [1.807, 2.05) is 6.92 Å². The molecular formula is C11H17N3O4. The Hall–Kier alpha value is -1.89. The molecule has 7 heteroatoms. The van der Waals surface area contributed by atoms with Crippen molar-refractivity contribution >= 4 is 11.5 Å². The van der Waals surface area contributed by atoms with Crippen LogP contribution in [0, 0.1) is 10.1 Å². The number of aromatic nitrogens is 1. The smallest absolute Gasteiger partial charge is 0.278 e. The summed E-state index contributed by atoms with van der Waals surface area (Å²) in [7, 11) is 1.61. The van der Waals surface area contributed by atoms with Crippen LogP contribution in [0.25, 0.3) is 0 Å². The van der Waals surface area contributed by atoms with Crippen LogP contribution in [0.3, 0.4) is 0 Å². The Bertz CT molecular complexity index is 398. The van der Waals surface area contributed by atoms with Crippen LogP contribution in [-0.2, 0) is 4.74 Å². The van der Waals surface area contributed by atoms with Crippen molar-refractivity contribution in [3.63, 3.8) is 0 Å². The van der Waals surface area contributed by atoms with Gasteiger partial charge in [-0.15, -0.1) is 0 Å². The Balaban J connectivity index is 2.72. The van der Waals surface area contributed by atoms with Gasteiger partial charge < -0.3 is 14.8 Å². The van der Waals surface area contributed by atoms with Crippen molar-refractivity contribution in [3.8, 4) is 5.88 Å². The standard InChI is InChI=1S/C11H17N3O4/c1-3-12-10-7-9(14(15)16)8-11(13-10)18-6-4-5-17-2/h7-8H,3-6H2,1-2H3,(H,12,13). The Labute approximate surface area is 105 Å². The largest absolute Gasteiger partial charge is 0.477 e. The van der Waals surface area contributed by atoms with E-state index in [0.29, 0.717) is 32.0 Å². The molecule has 1 rings (SSSR count). The average Bonchev–Trinajstić information content (AvgIpc) is 2.35. The van der Waals surface area contributed by atoms with Gasteiger partial charge in [-0.1, -0.05) is 0 Å². The lowest BCUT2D eigenvalue weighted by Gasteiger charge is -2.07. The molecule has 1 N–H and O–H groups in total. The lowest BCUT2D eigenvalue weighted by molar-refractivity contribution is -0.384. The summed E-state index contributed by atoms with van der Waals surface area (Å²) in [6, 6.07) is 2.69. The normalized spacial score (nSPS) is 10.1. The third kappa shape index (κ3) is 4.54. The van der Waals surface area contributed by atoms with Gasteiger partial charge in [0, 0.05) is 26.7 Å². The van der Waals surface area contributed by atoms with Gasteiger partial charge in [-0.3, -0.25) is 10.1 Å². The zero-order valence-electron chi connectivity index (χ0n) is 10.5. The number of methoxy groups -OCH3 is 1. The van der Waals surface area contributed by atoms with Crippen LogP contribution >= 0.6 is 0 Å². The van der Waals surface area contributed by atoms with Gasteiger partial charge in [0.05, 0.1) is 23.7 Å². The third-order valence-electron chi connectivity index (χ3n) is 2.10. The SMILES string of the molecule is CCNc1cc([N+](=O)[O-])cc(OCCCOC)n1. The summed E-state index contributed by atoms with van der Waals surface area (Å²) in [5.74, 6) is 0.685. The van der Waals surface area contributed by atoms with Crippen molar-refractivity contribution in [1.29, 1.82) is 0 Å². The molecule has 0 amide bonds. The van der Waals surface area contributed by atoms with Crippen LogP contribution in [0.15, 0.2) is 12.1 Å². The van der Waals surface area contributed by atoms with Gasteiger partial charge in [0.15, 0.2) is 0 Å². The molecule has 0 fully saturated rings. The number of nitro groups is 1. The van der Waals surface area contributed by atoms with Gasteiger partial charge >= 0.3 is 0 Å². The summed E-state index contributed by atoms with van der Waals surface area (Å²) < 4.78 is 10.2. The first kappa shape index (κ1) is 14.2. The number of rotatable bonds is 8. The molecule has 1 heterocycles. The van der Waals surface area contributed by atoms with E-state index in [-0.39, 0.29) is 11.6 Å². The molecule has 100 valence electrons. The Kier molecular flexibility index (Phi) is 5.86. The molecule has 0 unspecified atom stereocenters. The highest BCUT2D eigenvalue weighted by Crippen LogP contribution is 2.22. The molecule has 0 saturated carbocycles. The predicted octanol–water partition coefficient (Wildman–Crippen LogP) is 1.84. The minimum atomic E-state index is -0.468. The number of hydrogen-bond donors (Lipinski definition) is 1. The molecule has 1 aromatic heterocycles. The van der Waals surface area contributed by atoms with Crippen molar-refractivity contribution in [2.24, 2.45) is 0 Å². The summed E-state index contributed by atoms with van der Waals surface area (Å²) in [6.45, 7) is 3.51. The minimum absolute atomic E-state index is 0.0392. The predicted molar refractivity (Wildman–Crippen MR) is 67.0 cm³/mol. The highest BCUT2D eigenvalue weighted by molar-refractivity contribution is 5.48. The maximum Gasteiger partial charge on any atom is 0.278 e. The van der Waals surface area contributed by atoms with Gasteiger partial charge in [0.2, 0.25) is 5.88 Å². The Morgan fingerprint density at radius 3 is 2.83 bits per heavy atom. The highest BCUT2D eigenvalue weighted by atomic mass is 16.6. The quantitative estimate of drug-likeness (QED) is 0.433. The number of nitrogens with one attached hydrogen (secondary N) is 1. The van der Waals surface area contributed by atoms with Crippen LogP contribution < -0.4 is 10.1 Å². The molecule has 0 radical (unpaired) electrons. The van der Waals surface area contributed by atoms with Crippen molar-refractivity contribution in [2.45, 2.75) is 13.3 Å². The summed E-state index contributed by atoms with van der Waals surface area (Å²) >= 11 is 0. The molecular weight excluding hydrogens is 238 g/mol. The number of pyridine rings is 1. The van der Waals surface area contributed by atoms with E-state index in [2.05, 4.69) is 10.3 Å². The molecule has 18 heavy (non-hydrogen) atoms. The highest BCUT2D eigenvalue weighted by Gasteiger charge is 2.11.